The van der Waals surface area contributed by atoms with E-state index in [9.17, 15) is 15.1 Å². The molecule has 0 aliphatic carbocycles. The summed E-state index contributed by atoms with van der Waals surface area (Å²) < 4.78 is 11.0. The molecule has 7 nitrogen and oxygen atoms in total. The molecule has 7 heteroatoms. The minimum atomic E-state index is -1.35. The Morgan fingerprint density at radius 1 is 1.33 bits per heavy atom. The minimum Gasteiger partial charge on any atom is -0.616 e. The van der Waals surface area contributed by atoms with Crippen LogP contribution in [0.25, 0.3) is 0 Å². The summed E-state index contributed by atoms with van der Waals surface area (Å²) in [7, 11) is 1.24. The van der Waals surface area contributed by atoms with Gasteiger partial charge < -0.3 is 19.8 Å². The predicted molar refractivity (Wildman–Crippen MR) is 86.0 cm³/mol. The molecule has 128 valence electrons. The summed E-state index contributed by atoms with van der Waals surface area (Å²) in [6, 6.07) is 9.36. The van der Waals surface area contributed by atoms with Crippen LogP contribution in [0.5, 0.6) is 11.8 Å². The van der Waals surface area contributed by atoms with Crippen LogP contribution in [0.1, 0.15) is 35.6 Å². The molecule has 1 aromatic heterocycles. The molecule has 0 fully saturated rings. The molecule has 0 aliphatic rings. The Kier molecular flexibility index (Phi) is 5.57. The third-order valence-electron chi connectivity index (χ3n) is 3.31. The van der Waals surface area contributed by atoms with Crippen molar-refractivity contribution in [1.29, 1.82) is 0 Å². The molecule has 0 unspecified atom stereocenters. The van der Waals surface area contributed by atoms with E-state index in [0.29, 0.717) is 11.2 Å². The molecule has 1 N–H and O–H groups in total. The molecule has 2 rings (SSSR count). The maximum atomic E-state index is 12.5. The summed E-state index contributed by atoms with van der Waals surface area (Å²) >= 11 is 0. The van der Waals surface area contributed by atoms with Crippen molar-refractivity contribution in [1.82, 2.24) is 4.98 Å². The summed E-state index contributed by atoms with van der Waals surface area (Å²) in [5, 5.41) is 21.8. The van der Waals surface area contributed by atoms with Gasteiger partial charge in [-0.25, -0.2) is 4.79 Å². The van der Waals surface area contributed by atoms with Crippen molar-refractivity contribution in [3.63, 3.8) is 0 Å². The largest absolute Gasteiger partial charge is 0.616 e. The molecule has 0 bridgehead atoms. The molecular formula is C17H20N2O5. The molecule has 2 aromatic rings. The zero-order valence-electron chi connectivity index (χ0n) is 13.9. The van der Waals surface area contributed by atoms with E-state index >= 15 is 0 Å². The molecule has 0 spiro atoms. The summed E-state index contributed by atoms with van der Waals surface area (Å²) in [6.45, 7) is 4.07. The first-order valence-electron chi connectivity index (χ1n) is 7.54. The Bertz CT molecular complexity index is 717. The topological polar surface area (TPSA) is 95.6 Å². The van der Waals surface area contributed by atoms with E-state index in [1.807, 2.05) is 44.2 Å². The van der Waals surface area contributed by atoms with Crippen LogP contribution in [0.3, 0.4) is 0 Å². The fourth-order valence-corrected chi connectivity index (χ4v) is 2.24. The van der Waals surface area contributed by atoms with Crippen molar-refractivity contribution in [3.05, 3.63) is 52.5 Å². The lowest BCUT2D eigenvalue weighted by atomic mass is 10.1. The van der Waals surface area contributed by atoms with Crippen LogP contribution in [-0.2, 0) is 13.0 Å². The average molecular weight is 332 g/mol. The highest BCUT2D eigenvalue weighted by Crippen LogP contribution is 2.23. The molecule has 0 amide bonds. The second-order valence-electron chi connectivity index (χ2n) is 5.69. The van der Waals surface area contributed by atoms with Crippen LogP contribution in [0.4, 0.5) is 0 Å². The lowest BCUT2D eigenvalue weighted by Crippen LogP contribution is -2.38. The third kappa shape index (κ3) is 3.92. The highest BCUT2D eigenvalue weighted by atomic mass is 16.6. The number of methoxy groups -OCH3 is 1. The smallest absolute Gasteiger partial charge is 0.414 e. The van der Waals surface area contributed by atoms with E-state index < -0.39 is 11.7 Å². The predicted octanol–water partition coefficient (Wildman–Crippen LogP) is 2.20. The number of aromatic nitrogens is 2. The number of ether oxygens (including phenoxy) is 2. The Morgan fingerprint density at radius 3 is 2.54 bits per heavy atom. The summed E-state index contributed by atoms with van der Waals surface area (Å²) in [5.41, 5.74) is 0.672. The lowest BCUT2D eigenvalue weighted by Gasteiger charge is -2.15. The Balaban J connectivity index is 2.44. The van der Waals surface area contributed by atoms with Gasteiger partial charge in [0.15, 0.2) is 0 Å². The number of aromatic carboxylic acids is 1. The van der Waals surface area contributed by atoms with Gasteiger partial charge >= 0.3 is 11.8 Å². The van der Waals surface area contributed by atoms with Crippen LogP contribution >= 0.6 is 0 Å². The van der Waals surface area contributed by atoms with Gasteiger partial charge in [-0.1, -0.05) is 44.2 Å². The fourth-order valence-electron chi connectivity index (χ4n) is 2.24. The molecular weight excluding hydrogens is 312 g/mol. The molecule has 0 aliphatic heterocycles. The van der Waals surface area contributed by atoms with E-state index in [2.05, 4.69) is 4.98 Å². The molecule has 0 atom stereocenters. The second kappa shape index (κ2) is 7.63. The SMILES string of the molecule is COc1c(C(=O)O)nc(OCc2ccccc2)c(CC(C)C)[n+]1[O-]. The standard InChI is InChI=1S/C17H20N2O5/c1-11(2)9-13-15(24-10-12-7-5-4-6-8-12)18-14(17(20)21)16(23-3)19(13)22/h4-8,11H,9-10H2,1-3H3,(H,20,21). The van der Waals surface area contributed by atoms with Crippen LogP contribution < -0.4 is 14.2 Å². The van der Waals surface area contributed by atoms with Gasteiger partial charge in [0, 0.05) is 6.42 Å². The quantitative estimate of drug-likeness (QED) is 0.617. The van der Waals surface area contributed by atoms with Gasteiger partial charge in [-0.2, -0.15) is 4.98 Å². The zero-order valence-corrected chi connectivity index (χ0v) is 13.9. The van der Waals surface area contributed by atoms with Crippen LogP contribution in [-0.4, -0.2) is 23.2 Å². The van der Waals surface area contributed by atoms with Crippen molar-refractivity contribution in [2.45, 2.75) is 26.9 Å². The number of hydrogen-bond acceptors (Lipinski definition) is 5. The van der Waals surface area contributed by atoms with Crippen molar-refractivity contribution in [2.75, 3.05) is 7.11 Å². The molecule has 1 heterocycles. The van der Waals surface area contributed by atoms with Crippen molar-refractivity contribution in [2.24, 2.45) is 5.92 Å². The molecule has 0 radical (unpaired) electrons. The van der Waals surface area contributed by atoms with Gasteiger partial charge in [0.1, 0.15) is 6.61 Å². The monoisotopic (exact) mass is 332 g/mol. The maximum Gasteiger partial charge on any atom is 0.414 e. The van der Waals surface area contributed by atoms with E-state index in [1.54, 1.807) is 0 Å². The summed E-state index contributed by atoms with van der Waals surface area (Å²) in [4.78, 5) is 15.3. The first-order valence-corrected chi connectivity index (χ1v) is 7.54. The van der Waals surface area contributed by atoms with Crippen LogP contribution in [0, 0.1) is 11.1 Å². The number of benzene rings is 1. The molecule has 1 aromatic carbocycles. The summed E-state index contributed by atoms with van der Waals surface area (Å²) in [5.74, 6) is -1.52. The first kappa shape index (κ1) is 17.5. The summed E-state index contributed by atoms with van der Waals surface area (Å²) in [6.07, 6.45) is 0.386. The molecule has 24 heavy (non-hydrogen) atoms. The number of carboxylic acid groups (broad SMARTS) is 1. The zero-order chi connectivity index (χ0) is 17.7. The molecule has 0 saturated carbocycles. The average Bonchev–Trinajstić information content (AvgIpc) is 2.55. The van der Waals surface area contributed by atoms with Crippen molar-refractivity contribution < 1.29 is 24.1 Å². The number of carbonyl (C=O) groups is 1. The normalized spacial score (nSPS) is 10.7. The fraction of sp³-hybridized carbons (Fsp3) is 0.353. The Hall–Kier alpha value is -2.83. The van der Waals surface area contributed by atoms with Gasteiger partial charge in [0.05, 0.1) is 7.11 Å². The highest BCUT2D eigenvalue weighted by molar-refractivity contribution is 5.87. The van der Waals surface area contributed by atoms with Crippen molar-refractivity contribution >= 4 is 5.97 Å². The van der Waals surface area contributed by atoms with Gasteiger partial charge in [-0.05, 0) is 11.5 Å². The van der Waals surface area contributed by atoms with E-state index in [0.717, 1.165) is 5.56 Å². The molecule has 0 saturated heterocycles. The van der Waals surface area contributed by atoms with Gasteiger partial charge in [-0.3, -0.25) is 0 Å². The maximum absolute atomic E-state index is 12.5. The number of rotatable bonds is 7. The Labute approximate surface area is 140 Å². The number of nitrogens with zero attached hydrogens (tertiary/aromatic N) is 2. The number of hydrogen-bond donors (Lipinski definition) is 1. The Morgan fingerprint density at radius 2 is 2.00 bits per heavy atom. The van der Waals surface area contributed by atoms with Gasteiger partial charge in [0.25, 0.3) is 17.3 Å². The van der Waals surface area contributed by atoms with E-state index in [1.165, 1.54) is 7.11 Å². The van der Waals surface area contributed by atoms with Gasteiger partial charge in [0.2, 0.25) is 0 Å². The van der Waals surface area contributed by atoms with Gasteiger partial charge in [-0.15, -0.1) is 4.73 Å². The van der Waals surface area contributed by atoms with E-state index in [-0.39, 0.29) is 30.0 Å². The van der Waals surface area contributed by atoms with Crippen LogP contribution in [0.15, 0.2) is 30.3 Å². The third-order valence-corrected chi connectivity index (χ3v) is 3.31. The first-order chi connectivity index (χ1) is 11.4. The highest BCUT2D eigenvalue weighted by Gasteiger charge is 2.30. The van der Waals surface area contributed by atoms with E-state index in [4.69, 9.17) is 9.47 Å². The second-order valence-corrected chi connectivity index (χ2v) is 5.69. The van der Waals surface area contributed by atoms with Crippen molar-refractivity contribution in [3.8, 4) is 11.8 Å². The lowest BCUT2D eigenvalue weighted by molar-refractivity contribution is -0.622. The minimum absolute atomic E-state index is 0.0146. The van der Waals surface area contributed by atoms with Crippen LogP contribution in [0.2, 0.25) is 0 Å². The number of carboxylic acids is 1.